The first kappa shape index (κ1) is 23.8. The Morgan fingerprint density at radius 3 is 2.50 bits per heavy atom. The Hall–Kier alpha value is -3.37. The van der Waals surface area contributed by atoms with Gasteiger partial charge in [0.05, 0.1) is 35.8 Å². The SMILES string of the molecule is Cc1cc(=O)c(C(=O)Nc2cc(Cl)ccc2N2CCOCC2)nn1-c1ccccc1C(F)(F)F. The number of para-hydroxylation sites is 1. The summed E-state index contributed by atoms with van der Waals surface area (Å²) in [7, 11) is 0. The average molecular weight is 493 g/mol. The summed E-state index contributed by atoms with van der Waals surface area (Å²) in [6.45, 7) is 3.65. The van der Waals surface area contributed by atoms with Crippen LogP contribution in [0.15, 0.2) is 53.3 Å². The van der Waals surface area contributed by atoms with E-state index in [9.17, 15) is 22.8 Å². The Kier molecular flexibility index (Phi) is 6.63. The van der Waals surface area contributed by atoms with Gasteiger partial charge in [0.25, 0.3) is 5.91 Å². The van der Waals surface area contributed by atoms with Crippen LogP contribution < -0.4 is 15.6 Å². The number of morpholine rings is 1. The van der Waals surface area contributed by atoms with Crippen LogP contribution in [-0.2, 0) is 10.9 Å². The first-order chi connectivity index (χ1) is 16.1. The summed E-state index contributed by atoms with van der Waals surface area (Å²) in [6, 6.07) is 10.8. The molecule has 1 aliphatic heterocycles. The lowest BCUT2D eigenvalue weighted by atomic mass is 10.1. The lowest BCUT2D eigenvalue weighted by Crippen LogP contribution is -2.37. The van der Waals surface area contributed by atoms with Crippen molar-refractivity contribution in [2.45, 2.75) is 13.1 Å². The molecule has 1 fully saturated rings. The smallest absolute Gasteiger partial charge is 0.378 e. The van der Waals surface area contributed by atoms with Gasteiger partial charge in [0.1, 0.15) is 0 Å². The summed E-state index contributed by atoms with van der Waals surface area (Å²) in [5.74, 6) is -0.861. The van der Waals surface area contributed by atoms with Gasteiger partial charge in [-0.1, -0.05) is 23.7 Å². The lowest BCUT2D eigenvalue weighted by Gasteiger charge is -2.30. The number of halogens is 4. The summed E-state index contributed by atoms with van der Waals surface area (Å²) in [4.78, 5) is 27.6. The monoisotopic (exact) mass is 492 g/mol. The Balaban J connectivity index is 1.73. The molecule has 0 saturated carbocycles. The summed E-state index contributed by atoms with van der Waals surface area (Å²) in [5.41, 5.74) is -1.32. The van der Waals surface area contributed by atoms with Crippen LogP contribution in [0.3, 0.4) is 0 Å². The number of benzene rings is 2. The van der Waals surface area contributed by atoms with Crippen LogP contribution in [0, 0.1) is 6.92 Å². The minimum absolute atomic E-state index is 0.148. The number of rotatable bonds is 4. The maximum absolute atomic E-state index is 13.5. The molecule has 1 saturated heterocycles. The number of hydrogen-bond acceptors (Lipinski definition) is 5. The normalized spacial score (nSPS) is 14.2. The number of alkyl halides is 3. The van der Waals surface area contributed by atoms with E-state index in [4.69, 9.17) is 16.3 Å². The third-order valence-electron chi connectivity index (χ3n) is 5.32. The molecule has 0 radical (unpaired) electrons. The predicted octanol–water partition coefficient (Wildman–Crippen LogP) is 4.30. The van der Waals surface area contributed by atoms with Crippen LogP contribution in [0.1, 0.15) is 21.7 Å². The van der Waals surface area contributed by atoms with Crippen LogP contribution in [0.5, 0.6) is 0 Å². The van der Waals surface area contributed by atoms with Crippen LogP contribution in [-0.4, -0.2) is 42.0 Å². The van der Waals surface area contributed by atoms with E-state index in [-0.39, 0.29) is 11.4 Å². The van der Waals surface area contributed by atoms with Gasteiger partial charge in [-0.3, -0.25) is 9.59 Å². The lowest BCUT2D eigenvalue weighted by molar-refractivity contribution is -0.137. The highest BCUT2D eigenvalue weighted by atomic mass is 35.5. The number of aromatic nitrogens is 2. The highest BCUT2D eigenvalue weighted by Crippen LogP contribution is 2.34. The van der Waals surface area contributed by atoms with Crippen molar-refractivity contribution in [2.75, 3.05) is 36.5 Å². The molecule has 1 N–H and O–H groups in total. The molecule has 0 aliphatic carbocycles. The van der Waals surface area contributed by atoms with Crippen molar-refractivity contribution in [1.29, 1.82) is 0 Å². The summed E-state index contributed by atoms with van der Waals surface area (Å²) in [6.07, 6.45) is -4.65. The van der Waals surface area contributed by atoms with Gasteiger partial charge in [0.15, 0.2) is 5.69 Å². The largest absolute Gasteiger partial charge is 0.418 e. The van der Waals surface area contributed by atoms with Gasteiger partial charge in [-0.15, -0.1) is 0 Å². The average Bonchev–Trinajstić information content (AvgIpc) is 2.79. The first-order valence-corrected chi connectivity index (χ1v) is 10.7. The molecule has 0 bridgehead atoms. The number of carbonyl (C=O) groups excluding carboxylic acids is 1. The van der Waals surface area contributed by atoms with Crippen molar-refractivity contribution in [3.8, 4) is 5.69 Å². The molecule has 4 rings (SSSR count). The summed E-state index contributed by atoms with van der Waals surface area (Å²) < 4.78 is 46.9. The van der Waals surface area contributed by atoms with Crippen molar-refractivity contribution in [3.63, 3.8) is 0 Å². The fourth-order valence-electron chi connectivity index (χ4n) is 3.72. The molecule has 1 aliphatic rings. The number of aryl methyl sites for hydroxylation is 1. The quantitative estimate of drug-likeness (QED) is 0.587. The standard InChI is InChI=1S/C23H20ClF3N4O3/c1-14-12-20(32)21(29-31(14)18-5-3-2-4-16(18)23(25,26)27)22(33)28-17-13-15(24)6-7-19(17)30-8-10-34-11-9-30/h2-7,12-13H,8-11H2,1H3,(H,28,33). The van der Waals surface area contributed by atoms with Gasteiger partial charge in [-0.2, -0.15) is 18.3 Å². The molecular formula is C23H20ClF3N4O3. The Bertz CT molecular complexity index is 1290. The van der Waals surface area contributed by atoms with Crippen molar-refractivity contribution in [1.82, 2.24) is 9.78 Å². The first-order valence-electron chi connectivity index (χ1n) is 10.4. The van der Waals surface area contributed by atoms with Gasteiger partial charge in [-0.05, 0) is 37.3 Å². The van der Waals surface area contributed by atoms with Crippen molar-refractivity contribution >= 4 is 28.9 Å². The van der Waals surface area contributed by atoms with E-state index in [1.165, 1.54) is 31.2 Å². The molecule has 0 unspecified atom stereocenters. The van der Waals surface area contributed by atoms with Gasteiger partial charge in [0.2, 0.25) is 5.43 Å². The van der Waals surface area contributed by atoms with Crippen LogP contribution in [0.4, 0.5) is 24.5 Å². The fraction of sp³-hybridized carbons (Fsp3) is 0.261. The second-order valence-corrected chi connectivity index (χ2v) is 8.08. The highest BCUT2D eigenvalue weighted by Gasteiger charge is 2.34. The zero-order valence-corrected chi connectivity index (χ0v) is 18.8. The molecule has 0 spiro atoms. The summed E-state index contributed by atoms with van der Waals surface area (Å²) in [5, 5.41) is 7.01. The molecule has 2 aromatic carbocycles. The molecule has 0 atom stereocenters. The molecule has 1 amide bonds. The van der Waals surface area contributed by atoms with E-state index in [0.29, 0.717) is 42.7 Å². The molecule has 2 heterocycles. The van der Waals surface area contributed by atoms with E-state index in [2.05, 4.69) is 10.4 Å². The minimum atomic E-state index is -4.65. The van der Waals surface area contributed by atoms with Crippen molar-refractivity contribution < 1.29 is 22.7 Å². The van der Waals surface area contributed by atoms with E-state index in [1.54, 1.807) is 12.1 Å². The number of ether oxygens (including phenoxy) is 1. The number of nitrogens with one attached hydrogen (secondary N) is 1. The Morgan fingerprint density at radius 2 is 1.79 bits per heavy atom. The van der Waals surface area contributed by atoms with Crippen LogP contribution in [0.25, 0.3) is 5.69 Å². The van der Waals surface area contributed by atoms with E-state index < -0.39 is 28.8 Å². The Labute approximate surface area is 197 Å². The molecule has 3 aromatic rings. The van der Waals surface area contributed by atoms with E-state index in [1.807, 2.05) is 4.90 Å². The number of carbonyl (C=O) groups is 1. The van der Waals surface area contributed by atoms with Gasteiger partial charge >= 0.3 is 6.18 Å². The van der Waals surface area contributed by atoms with Gasteiger partial charge in [-0.25, -0.2) is 4.68 Å². The molecule has 34 heavy (non-hydrogen) atoms. The topological polar surface area (TPSA) is 76.5 Å². The van der Waals surface area contributed by atoms with E-state index >= 15 is 0 Å². The minimum Gasteiger partial charge on any atom is -0.378 e. The molecule has 11 heteroatoms. The number of hydrogen-bond donors (Lipinski definition) is 1. The number of anilines is 2. The predicted molar refractivity (Wildman–Crippen MR) is 122 cm³/mol. The molecular weight excluding hydrogens is 473 g/mol. The van der Waals surface area contributed by atoms with Crippen LogP contribution >= 0.6 is 11.6 Å². The fourth-order valence-corrected chi connectivity index (χ4v) is 3.89. The van der Waals surface area contributed by atoms with E-state index in [0.717, 1.165) is 16.8 Å². The van der Waals surface area contributed by atoms with Crippen molar-refractivity contribution in [2.24, 2.45) is 0 Å². The zero-order chi connectivity index (χ0) is 24.5. The maximum atomic E-state index is 13.5. The highest BCUT2D eigenvalue weighted by molar-refractivity contribution is 6.31. The van der Waals surface area contributed by atoms with Gasteiger partial charge < -0.3 is 15.0 Å². The van der Waals surface area contributed by atoms with Gasteiger partial charge in [0, 0.05) is 29.9 Å². The molecule has 178 valence electrons. The third-order valence-corrected chi connectivity index (χ3v) is 5.55. The zero-order valence-electron chi connectivity index (χ0n) is 18.0. The van der Waals surface area contributed by atoms with Crippen molar-refractivity contribution in [3.05, 3.63) is 80.7 Å². The molecule has 1 aromatic heterocycles. The second kappa shape index (κ2) is 9.47. The third kappa shape index (κ3) is 4.92. The molecule has 7 nitrogen and oxygen atoms in total. The maximum Gasteiger partial charge on any atom is 0.418 e. The summed E-state index contributed by atoms with van der Waals surface area (Å²) >= 11 is 6.12. The second-order valence-electron chi connectivity index (χ2n) is 7.64. The number of nitrogens with zero attached hydrogens (tertiary/aromatic N) is 3. The Morgan fingerprint density at radius 1 is 1.09 bits per heavy atom. The number of amides is 1. The van der Waals surface area contributed by atoms with Crippen LogP contribution in [0.2, 0.25) is 5.02 Å².